The monoisotopic (exact) mass is 445 g/mol. The molecule has 0 spiro atoms. The molecule has 31 heavy (non-hydrogen) atoms. The van der Waals surface area contributed by atoms with Crippen molar-refractivity contribution >= 4 is 17.5 Å². The van der Waals surface area contributed by atoms with Gasteiger partial charge in [0.1, 0.15) is 11.5 Å². The highest BCUT2D eigenvalue weighted by molar-refractivity contribution is 6.30. The lowest BCUT2D eigenvalue weighted by Gasteiger charge is -2.23. The van der Waals surface area contributed by atoms with E-state index >= 15 is 0 Å². The molecule has 0 unspecified atom stereocenters. The van der Waals surface area contributed by atoms with E-state index in [1.54, 1.807) is 14.2 Å². The number of carbonyl (C=O) groups is 1. The van der Waals surface area contributed by atoms with Crippen LogP contribution in [0.4, 0.5) is 0 Å². The van der Waals surface area contributed by atoms with Gasteiger partial charge >= 0.3 is 0 Å². The summed E-state index contributed by atoms with van der Waals surface area (Å²) in [7, 11) is 3.34. The van der Waals surface area contributed by atoms with Gasteiger partial charge in [0.25, 0.3) is 0 Å². The van der Waals surface area contributed by atoms with Crippen LogP contribution in [0.25, 0.3) is 0 Å². The van der Waals surface area contributed by atoms with Gasteiger partial charge < -0.3 is 20.1 Å². The van der Waals surface area contributed by atoms with Gasteiger partial charge in [0.15, 0.2) is 0 Å². The summed E-state index contributed by atoms with van der Waals surface area (Å²) in [5.41, 5.74) is 3.16. The smallest absolute Gasteiger partial charge is 0.237 e. The van der Waals surface area contributed by atoms with E-state index < -0.39 is 0 Å². The Balaban J connectivity index is 1.71. The van der Waals surface area contributed by atoms with Crippen LogP contribution >= 0.6 is 11.6 Å². The molecule has 1 aliphatic rings. The van der Waals surface area contributed by atoms with E-state index in [-0.39, 0.29) is 18.0 Å². The molecule has 2 aromatic carbocycles. The Morgan fingerprint density at radius 2 is 2.03 bits per heavy atom. The summed E-state index contributed by atoms with van der Waals surface area (Å²) in [6.07, 6.45) is 0.754. The molecular weight excluding hydrogens is 414 g/mol. The van der Waals surface area contributed by atoms with Crippen LogP contribution in [0.5, 0.6) is 11.5 Å². The molecule has 1 heterocycles. The first-order chi connectivity index (χ1) is 15.0. The van der Waals surface area contributed by atoms with Crippen LogP contribution in [-0.4, -0.2) is 50.2 Å². The Labute approximate surface area is 189 Å². The van der Waals surface area contributed by atoms with E-state index in [4.69, 9.17) is 21.1 Å². The van der Waals surface area contributed by atoms with Crippen molar-refractivity contribution in [1.29, 1.82) is 0 Å². The van der Waals surface area contributed by atoms with E-state index in [0.29, 0.717) is 24.7 Å². The summed E-state index contributed by atoms with van der Waals surface area (Å²) in [6, 6.07) is 11.8. The second-order valence-electron chi connectivity index (χ2n) is 7.87. The number of amides is 1. The van der Waals surface area contributed by atoms with Crippen LogP contribution in [0.3, 0.4) is 0 Å². The fraction of sp³-hybridized carbons (Fsp3) is 0.458. The number of hydrogen-bond donors (Lipinski definition) is 2. The number of likely N-dealkylation sites (N-methyl/N-ethyl adjacent to an activating group) is 1. The molecule has 2 atom stereocenters. The van der Waals surface area contributed by atoms with Gasteiger partial charge in [-0.25, -0.2) is 0 Å². The fourth-order valence-electron chi connectivity index (χ4n) is 4.29. The summed E-state index contributed by atoms with van der Waals surface area (Å²) < 4.78 is 11.0. The highest BCUT2D eigenvalue weighted by atomic mass is 35.5. The van der Waals surface area contributed by atoms with Crippen molar-refractivity contribution in [3.63, 3.8) is 0 Å². The van der Waals surface area contributed by atoms with Crippen molar-refractivity contribution in [2.24, 2.45) is 0 Å². The molecule has 0 saturated carbocycles. The predicted molar refractivity (Wildman–Crippen MR) is 124 cm³/mol. The minimum Gasteiger partial charge on any atom is -0.496 e. The Hall–Kier alpha value is -2.28. The number of ether oxygens (including phenoxy) is 2. The zero-order chi connectivity index (χ0) is 22.4. The lowest BCUT2D eigenvalue weighted by atomic mass is 10.1. The summed E-state index contributed by atoms with van der Waals surface area (Å²) >= 11 is 6.16. The molecule has 0 aliphatic carbocycles. The van der Waals surface area contributed by atoms with Gasteiger partial charge in [-0.05, 0) is 44.0 Å². The number of carbonyl (C=O) groups excluding carboxylic acids is 1. The molecule has 2 aromatic rings. The molecule has 1 aliphatic heterocycles. The van der Waals surface area contributed by atoms with Crippen LogP contribution in [0.1, 0.15) is 30.0 Å². The maximum absolute atomic E-state index is 12.7. The number of halogens is 1. The third-order valence-electron chi connectivity index (χ3n) is 5.77. The van der Waals surface area contributed by atoms with Gasteiger partial charge in [0.2, 0.25) is 5.91 Å². The lowest BCUT2D eigenvalue weighted by Crippen LogP contribution is -2.42. The summed E-state index contributed by atoms with van der Waals surface area (Å²) in [5.74, 6) is 1.72. The maximum atomic E-state index is 12.7. The number of rotatable bonds is 9. The Bertz CT molecular complexity index is 906. The molecule has 0 aromatic heterocycles. The first kappa shape index (κ1) is 23.4. The number of nitrogens with one attached hydrogen (secondary N) is 2. The largest absolute Gasteiger partial charge is 0.496 e. The molecule has 0 bridgehead atoms. The number of nitrogens with zero attached hydrogens (tertiary/aromatic N) is 1. The summed E-state index contributed by atoms with van der Waals surface area (Å²) in [5, 5.41) is 7.31. The highest BCUT2D eigenvalue weighted by Crippen LogP contribution is 2.31. The third kappa shape index (κ3) is 5.70. The standard InChI is InChI=1S/C24H32ClN3O3/c1-5-26-24(29)21-12-20(15-28(21)14-17-7-6-8-19(25)11-17)27-13-18-9-10-22(30-3)16(2)23(18)31-4/h6-11,20-21,27H,5,12-15H2,1-4H3,(H,26,29)/t20-,21-/m0/s1. The van der Waals surface area contributed by atoms with Gasteiger partial charge in [-0.2, -0.15) is 0 Å². The van der Waals surface area contributed by atoms with E-state index in [2.05, 4.69) is 15.5 Å². The SMILES string of the molecule is CCNC(=O)[C@@H]1C[C@H](NCc2ccc(OC)c(C)c2OC)CN1Cc1cccc(Cl)c1. The van der Waals surface area contributed by atoms with Crippen molar-refractivity contribution in [3.8, 4) is 11.5 Å². The third-order valence-corrected chi connectivity index (χ3v) is 6.01. The average Bonchev–Trinajstić information content (AvgIpc) is 3.15. The molecule has 2 N–H and O–H groups in total. The maximum Gasteiger partial charge on any atom is 0.237 e. The Morgan fingerprint density at radius 3 is 2.71 bits per heavy atom. The topological polar surface area (TPSA) is 62.8 Å². The van der Waals surface area contributed by atoms with Crippen molar-refractivity contribution in [2.45, 2.75) is 45.4 Å². The lowest BCUT2D eigenvalue weighted by molar-refractivity contribution is -0.125. The molecule has 7 heteroatoms. The summed E-state index contributed by atoms with van der Waals surface area (Å²) in [6.45, 7) is 6.70. The quantitative estimate of drug-likeness (QED) is 0.618. The molecule has 3 rings (SSSR count). The van der Waals surface area contributed by atoms with E-state index in [1.165, 1.54) is 0 Å². The molecule has 168 valence electrons. The number of methoxy groups -OCH3 is 2. The zero-order valence-electron chi connectivity index (χ0n) is 18.7. The molecular formula is C24H32ClN3O3. The highest BCUT2D eigenvalue weighted by Gasteiger charge is 2.36. The number of hydrogen-bond acceptors (Lipinski definition) is 5. The van der Waals surface area contributed by atoms with Crippen molar-refractivity contribution in [1.82, 2.24) is 15.5 Å². The summed E-state index contributed by atoms with van der Waals surface area (Å²) in [4.78, 5) is 14.9. The minimum atomic E-state index is -0.170. The van der Waals surface area contributed by atoms with Gasteiger partial charge in [-0.1, -0.05) is 29.8 Å². The predicted octanol–water partition coefficient (Wildman–Crippen LogP) is 3.53. The van der Waals surface area contributed by atoms with Crippen molar-refractivity contribution in [3.05, 3.63) is 58.1 Å². The van der Waals surface area contributed by atoms with Crippen LogP contribution in [0.15, 0.2) is 36.4 Å². The zero-order valence-corrected chi connectivity index (χ0v) is 19.5. The second kappa shape index (κ2) is 10.8. The molecule has 1 amide bonds. The van der Waals surface area contributed by atoms with Gasteiger partial charge in [0.05, 0.1) is 20.3 Å². The average molecular weight is 446 g/mol. The molecule has 0 radical (unpaired) electrons. The molecule has 1 fully saturated rings. The van der Waals surface area contributed by atoms with E-state index in [1.807, 2.05) is 50.2 Å². The Kier molecular flexibility index (Phi) is 8.18. The van der Waals surface area contributed by atoms with Gasteiger partial charge in [0, 0.05) is 48.4 Å². The second-order valence-corrected chi connectivity index (χ2v) is 8.30. The van der Waals surface area contributed by atoms with Crippen LogP contribution < -0.4 is 20.1 Å². The first-order valence-electron chi connectivity index (χ1n) is 10.7. The minimum absolute atomic E-state index is 0.0756. The Morgan fingerprint density at radius 1 is 1.23 bits per heavy atom. The van der Waals surface area contributed by atoms with Crippen LogP contribution in [0, 0.1) is 6.92 Å². The van der Waals surface area contributed by atoms with Crippen molar-refractivity contribution in [2.75, 3.05) is 27.3 Å². The van der Waals surface area contributed by atoms with Gasteiger partial charge in [-0.3, -0.25) is 9.69 Å². The van der Waals surface area contributed by atoms with Crippen molar-refractivity contribution < 1.29 is 14.3 Å². The number of benzene rings is 2. The number of likely N-dealkylation sites (tertiary alicyclic amines) is 1. The first-order valence-corrected chi connectivity index (χ1v) is 11.0. The van der Waals surface area contributed by atoms with Gasteiger partial charge in [-0.15, -0.1) is 0 Å². The van der Waals surface area contributed by atoms with E-state index in [9.17, 15) is 4.79 Å². The molecule has 6 nitrogen and oxygen atoms in total. The fourth-order valence-corrected chi connectivity index (χ4v) is 4.50. The normalized spacial score (nSPS) is 18.7. The molecule has 1 saturated heterocycles. The van der Waals surface area contributed by atoms with Crippen LogP contribution in [0.2, 0.25) is 5.02 Å². The van der Waals surface area contributed by atoms with E-state index in [0.717, 1.165) is 41.2 Å². The van der Waals surface area contributed by atoms with Crippen LogP contribution in [-0.2, 0) is 17.9 Å².